The maximum atomic E-state index is 14.0. The highest BCUT2D eigenvalue weighted by atomic mass is 32.2. The van der Waals surface area contributed by atoms with Crippen LogP contribution in [0.3, 0.4) is 0 Å². The second-order valence-corrected chi connectivity index (χ2v) is 14.7. The number of pyridine rings is 1. The van der Waals surface area contributed by atoms with Crippen molar-refractivity contribution in [3.05, 3.63) is 95.8 Å². The molecule has 1 fully saturated rings. The van der Waals surface area contributed by atoms with Crippen LogP contribution < -0.4 is 10.6 Å². The fourth-order valence-corrected chi connectivity index (χ4v) is 7.22. The number of rotatable bonds is 17. The van der Waals surface area contributed by atoms with Crippen molar-refractivity contribution in [2.75, 3.05) is 20.1 Å². The molecular weight excluding hydrogens is 644 g/mol. The highest BCUT2D eigenvalue weighted by Gasteiger charge is 2.35. The van der Waals surface area contributed by atoms with Crippen molar-refractivity contribution in [2.24, 2.45) is 17.0 Å². The van der Waals surface area contributed by atoms with E-state index in [9.17, 15) is 23.1 Å². The molecular formula is C36H48N6O6S. The number of aliphatic hydroxyl groups excluding tert-OH is 1. The number of urea groups is 1. The number of aliphatic hydroxyl groups is 1. The fraction of sp³-hybridized carbons (Fsp3) is 0.444. The molecule has 12 nitrogen and oxygen atoms in total. The predicted molar refractivity (Wildman–Crippen MR) is 187 cm³/mol. The van der Waals surface area contributed by atoms with E-state index in [2.05, 4.69) is 20.8 Å². The summed E-state index contributed by atoms with van der Waals surface area (Å²) in [7, 11) is -2.41. The number of carbonyl (C=O) groups is 2. The van der Waals surface area contributed by atoms with Crippen molar-refractivity contribution in [3.63, 3.8) is 0 Å². The number of amides is 3. The summed E-state index contributed by atoms with van der Waals surface area (Å²) in [5.41, 5.74) is 2.08. The number of oxime groups is 1. The second-order valence-electron chi connectivity index (χ2n) is 12.8. The van der Waals surface area contributed by atoms with Gasteiger partial charge in [0.2, 0.25) is 15.9 Å². The van der Waals surface area contributed by atoms with E-state index in [1.54, 1.807) is 31.4 Å². The molecule has 0 spiro atoms. The lowest BCUT2D eigenvalue weighted by molar-refractivity contribution is -0.125. The molecule has 1 heterocycles. The molecule has 0 unspecified atom stereocenters. The molecule has 3 aromatic rings. The lowest BCUT2D eigenvalue weighted by Crippen LogP contribution is -2.58. The van der Waals surface area contributed by atoms with Crippen molar-refractivity contribution in [2.45, 2.75) is 75.6 Å². The van der Waals surface area contributed by atoms with Crippen LogP contribution in [0.4, 0.5) is 4.79 Å². The first-order chi connectivity index (χ1) is 23.5. The summed E-state index contributed by atoms with van der Waals surface area (Å²) in [5, 5.41) is 29.5. The van der Waals surface area contributed by atoms with Crippen LogP contribution in [-0.4, -0.2) is 89.4 Å². The zero-order valence-electron chi connectivity index (χ0n) is 28.4. The summed E-state index contributed by atoms with van der Waals surface area (Å²) in [6.07, 6.45) is 5.22. The van der Waals surface area contributed by atoms with Gasteiger partial charge in [-0.25, -0.2) is 13.2 Å². The Hall–Kier alpha value is -4.33. The van der Waals surface area contributed by atoms with E-state index in [-0.39, 0.29) is 42.8 Å². The van der Waals surface area contributed by atoms with Crippen LogP contribution in [0.1, 0.15) is 56.4 Å². The van der Waals surface area contributed by atoms with Gasteiger partial charge >= 0.3 is 6.03 Å². The van der Waals surface area contributed by atoms with Gasteiger partial charge in [0.1, 0.15) is 6.04 Å². The number of aromatic nitrogens is 1. The van der Waals surface area contributed by atoms with Crippen LogP contribution in [0.5, 0.6) is 0 Å². The van der Waals surface area contributed by atoms with E-state index in [1.807, 2.05) is 56.3 Å². The molecule has 264 valence electrons. The molecule has 0 aliphatic heterocycles. The monoisotopic (exact) mass is 692 g/mol. The first-order valence-electron chi connectivity index (χ1n) is 16.7. The molecule has 1 aromatic heterocycles. The molecule has 2 aromatic carbocycles. The molecule has 3 amide bonds. The van der Waals surface area contributed by atoms with E-state index in [0.29, 0.717) is 17.7 Å². The average Bonchev–Trinajstić information content (AvgIpc) is 3.08. The van der Waals surface area contributed by atoms with Crippen LogP contribution in [0.2, 0.25) is 0 Å². The lowest BCUT2D eigenvalue weighted by atomic mass is 9.85. The summed E-state index contributed by atoms with van der Waals surface area (Å²) in [6.45, 7) is 4.04. The summed E-state index contributed by atoms with van der Waals surface area (Å²) in [4.78, 5) is 33.0. The number of nitrogens with one attached hydrogen (secondary N) is 2. The highest BCUT2D eigenvalue weighted by molar-refractivity contribution is 7.89. The SMILES string of the molecule is CC[C@H](C)[C@H](NC(=O)N(C)Cc1ccccn1)C(=O)N[C@@H](Cc1ccccc1)[C@@H](O)CN(CC1CCC1)S(=O)(=O)c1ccc(C=NO)cc1. The molecule has 0 bridgehead atoms. The van der Waals surface area contributed by atoms with E-state index >= 15 is 0 Å². The molecule has 49 heavy (non-hydrogen) atoms. The van der Waals surface area contributed by atoms with Crippen molar-refractivity contribution in [1.82, 2.24) is 24.8 Å². The summed E-state index contributed by atoms with van der Waals surface area (Å²) in [5.74, 6) is -0.544. The molecule has 0 saturated heterocycles. The van der Waals surface area contributed by atoms with Crippen LogP contribution >= 0.6 is 0 Å². The molecule has 1 saturated carbocycles. The Morgan fingerprint density at radius 2 is 1.73 bits per heavy atom. The third kappa shape index (κ3) is 10.6. The number of carbonyl (C=O) groups excluding carboxylic acids is 2. The smallest absolute Gasteiger partial charge is 0.318 e. The molecule has 13 heteroatoms. The van der Waals surface area contributed by atoms with E-state index in [1.165, 1.54) is 27.6 Å². The van der Waals surface area contributed by atoms with Gasteiger partial charge in [0, 0.05) is 26.3 Å². The van der Waals surface area contributed by atoms with Gasteiger partial charge in [-0.2, -0.15) is 4.31 Å². The molecule has 1 aliphatic rings. The van der Waals surface area contributed by atoms with E-state index in [0.717, 1.165) is 24.8 Å². The largest absolute Gasteiger partial charge is 0.411 e. The first kappa shape index (κ1) is 37.5. The van der Waals surface area contributed by atoms with Crippen LogP contribution in [-0.2, 0) is 27.8 Å². The van der Waals surface area contributed by atoms with Gasteiger partial charge in [0.25, 0.3) is 0 Å². The maximum Gasteiger partial charge on any atom is 0.318 e. The minimum Gasteiger partial charge on any atom is -0.411 e. The van der Waals surface area contributed by atoms with Crippen LogP contribution in [0, 0.1) is 11.8 Å². The predicted octanol–water partition coefficient (Wildman–Crippen LogP) is 4.03. The number of nitrogens with zero attached hydrogens (tertiary/aromatic N) is 4. The second kappa shape index (κ2) is 17.9. The summed E-state index contributed by atoms with van der Waals surface area (Å²) < 4.78 is 29.2. The molecule has 0 radical (unpaired) electrons. The Morgan fingerprint density at radius 1 is 1.04 bits per heavy atom. The molecule has 4 N–H and O–H groups in total. The Labute approximate surface area is 289 Å². The zero-order valence-corrected chi connectivity index (χ0v) is 29.2. The third-order valence-corrected chi connectivity index (χ3v) is 11.0. The maximum absolute atomic E-state index is 14.0. The molecule has 1 aliphatic carbocycles. The van der Waals surface area contributed by atoms with Gasteiger partial charge in [-0.1, -0.05) is 80.4 Å². The first-order valence-corrected chi connectivity index (χ1v) is 18.2. The topological polar surface area (TPSA) is 165 Å². The van der Waals surface area contributed by atoms with Gasteiger partial charge in [0.05, 0.1) is 35.5 Å². The Morgan fingerprint density at radius 3 is 2.33 bits per heavy atom. The van der Waals surface area contributed by atoms with Crippen LogP contribution in [0.15, 0.2) is 89.0 Å². The van der Waals surface area contributed by atoms with Gasteiger partial charge < -0.3 is 25.8 Å². The van der Waals surface area contributed by atoms with Crippen LogP contribution in [0.25, 0.3) is 0 Å². The van der Waals surface area contributed by atoms with Crippen molar-refractivity contribution in [1.29, 1.82) is 0 Å². The van der Waals surface area contributed by atoms with Crippen molar-refractivity contribution in [3.8, 4) is 0 Å². The van der Waals surface area contributed by atoms with Gasteiger partial charge in [0.15, 0.2) is 0 Å². The third-order valence-electron chi connectivity index (χ3n) is 9.14. The van der Waals surface area contributed by atoms with E-state index < -0.39 is 40.1 Å². The van der Waals surface area contributed by atoms with Gasteiger partial charge in [-0.3, -0.25) is 9.78 Å². The molecule has 4 atom stereocenters. The standard InChI is InChI=1S/C36H48N6O6S/c1-4-26(2)34(40-36(45)41(3)24-30-15-8-9-20-37-30)35(44)39-32(21-27-11-6-5-7-12-27)33(43)25-42(23-29-13-10-14-29)49(47,48)31-18-16-28(17-19-31)22-38-46/h5-9,11-12,15-20,22,26,29,32-34,43,46H,4,10,13-14,21,23-25H2,1-3H3,(H,39,44)(H,40,45)/t26-,32-,33-,34-/m0/s1. The normalized spacial score (nSPS) is 16.0. The Balaban J connectivity index is 1.56. The quantitative estimate of drug-likeness (QED) is 0.0943. The Bertz CT molecular complexity index is 1620. The fourth-order valence-electron chi connectivity index (χ4n) is 5.69. The van der Waals surface area contributed by atoms with Crippen molar-refractivity contribution < 1.29 is 28.3 Å². The Kier molecular flexibility index (Phi) is 13.7. The van der Waals surface area contributed by atoms with Gasteiger partial charge in [-0.05, 0) is 66.5 Å². The van der Waals surface area contributed by atoms with Gasteiger partial charge in [-0.15, -0.1) is 0 Å². The average molecular weight is 693 g/mol. The zero-order chi connectivity index (χ0) is 35.4. The summed E-state index contributed by atoms with van der Waals surface area (Å²) >= 11 is 0. The number of sulfonamides is 1. The highest BCUT2D eigenvalue weighted by Crippen LogP contribution is 2.30. The lowest BCUT2D eigenvalue weighted by Gasteiger charge is -2.35. The van der Waals surface area contributed by atoms with E-state index in [4.69, 9.17) is 5.21 Å². The molecule has 4 rings (SSSR count). The number of hydrogen-bond donors (Lipinski definition) is 4. The van der Waals surface area contributed by atoms with Crippen molar-refractivity contribution >= 4 is 28.2 Å². The number of hydrogen-bond acceptors (Lipinski definition) is 8. The number of benzene rings is 2. The minimum atomic E-state index is -4.03. The summed E-state index contributed by atoms with van der Waals surface area (Å²) in [6, 6.07) is 18.5. The minimum absolute atomic E-state index is 0.0483.